The number of nitrogens with two attached hydrogens (primary N) is 1. The van der Waals surface area contributed by atoms with Gasteiger partial charge in [0.1, 0.15) is 0 Å². The molecule has 0 radical (unpaired) electrons. The van der Waals surface area contributed by atoms with Gasteiger partial charge in [-0.2, -0.15) is 5.26 Å². The van der Waals surface area contributed by atoms with Crippen molar-refractivity contribution in [3.05, 3.63) is 34.9 Å². The molecule has 17 heavy (non-hydrogen) atoms. The molecular weight excluding hydrogens is 216 g/mol. The Hall–Kier alpha value is -1.70. The van der Waals surface area contributed by atoms with Gasteiger partial charge < -0.3 is 10.8 Å². The molecule has 1 aliphatic carbocycles. The van der Waals surface area contributed by atoms with E-state index in [1.165, 1.54) is 0 Å². The third-order valence-electron chi connectivity index (χ3n) is 3.45. The Bertz CT molecular complexity index is 529. The van der Waals surface area contributed by atoms with Crippen LogP contribution in [0.3, 0.4) is 0 Å². The number of nitrogens with zero attached hydrogens (tertiary/aromatic N) is 1. The van der Waals surface area contributed by atoms with Crippen molar-refractivity contribution >= 4 is 5.78 Å². The maximum absolute atomic E-state index is 12.2. The number of nitriles is 1. The molecule has 0 amide bonds. The molecule has 2 rings (SSSR count). The highest BCUT2D eigenvalue weighted by Gasteiger charge is 2.45. The molecule has 3 N–H and O–H groups in total. The Morgan fingerprint density at radius 3 is 2.71 bits per heavy atom. The number of hydrogen-bond donors (Lipinski definition) is 2. The maximum Gasteiger partial charge on any atom is 0.171 e. The summed E-state index contributed by atoms with van der Waals surface area (Å²) in [5, 5.41) is 18.9. The molecule has 0 heterocycles. The SMILES string of the molecule is CC1(C)C(=O)c2ccc(C#N)cc2[C@@H](N)[C@@H]1O. The second kappa shape index (κ2) is 3.66. The van der Waals surface area contributed by atoms with Gasteiger partial charge in [0.15, 0.2) is 5.78 Å². The fraction of sp³-hybridized carbons (Fsp3) is 0.385. The van der Waals surface area contributed by atoms with Crippen molar-refractivity contribution in [1.82, 2.24) is 0 Å². The first kappa shape index (κ1) is 11.8. The van der Waals surface area contributed by atoms with Crippen LogP contribution < -0.4 is 5.73 Å². The van der Waals surface area contributed by atoms with Crippen LogP contribution in [0.5, 0.6) is 0 Å². The summed E-state index contributed by atoms with van der Waals surface area (Å²) in [5.74, 6) is -0.133. The molecule has 2 atom stereocenters. The minimum Gasteiger partial charge on any atom is -0.390 e. The van der Waals surface area contributed by atoms with Crippen LogP contribution >= 0.6 is 0 Å². The first-order chi connectivity index (χ1) is 7.89. The van der Waals surface area contributed by atoms with E-state index in [0.717, 1.165) is 0 Å². The maximum atomic E-state index is 12.2. The van der Waals surface area contributed by atoms with Crippen LogP contribution in [0.2, 0.25) is 0 Å². The van der Waals surface area contributed by atoms with Crippen molar-refractivity contribution in [2.75, 3.05) is 0 Å². The molecule has 0 saturated carbocycles. The van der Waals surface area contributed by atoms with Crippen molar-refractivity contribution < 1.29 is 9.90 Å². The van der Waals surface area contributed by atoms with E-state index in [4.69, 9.17) is 11.0 Å². The molecule has 0 fully saturated rings. The summed E-state index contributed by atoms with van der Waals surface area (Å²) < 4.78 is 0. The normalized spacial score (nSPS) is 26.2. The molecule has 4 heteroatoms. The van der Waals surface area contributed by atoms with Crippen LogP contribution in [-0.2, 0) is 0 Å². The Morgan fingerprint density at radius 1 is 1.47 bits per heavy atom. The predicted octanol–water partition coefficient (Wildman–Crippen LogP) is 1.14. The van der Waals surface area contributed by atoms with E-state index < -0.39 is 17.6 Å². The minimum absolute atomic E-state index is 0.133. The lowest BCUT2D eigenvalue weighted by molar-refractivity contribution is 0.0209. The standard InChI is InChI=1S/C13H14N2O2/c1-13(2)11(16)8-4-3-7(6-14)5-9(8)10(15)12(13)17/h3-5,10,12,17H,15H2,1-2H3/t10-,12+/m1/s1. The lowest BCUT2D eigenvalue weighted by Crippen LogP contribution is -2.48. The first-order valence-electron chi connectivity index (χ1n) is 5.42. The molecule has 1 aromatic rings. The van der Waals surface area contributed by atoms with Crippen LogP contribution in [0.15, 0.2) is 18.2 Å². The summed E-state index contributed by atoms with van der Waals surface area (Å²) in [7, 11) is 0. The Balaban J connectivity index is 2.65. The van der Waals surface area contributed by atoms with Crippen molar-refractivity contribution in [1.29, 1.82) is 5.26 Å². The highest BCUT2D eigenvalue weighted by molar-refractivity contribution is 6.03. The number of hydrogen-bond acceptors (Lipinski definition) is 4. The van der Waals surface area contributed by atoms with Crippen molar-refractivity contribution in [2.24, 2.45) is 11.1 Å². The zero-order valence-corrected chi connectivity index (χ0v) is 9.77. The monoisotopic (exact) mass is 230 g/mol. The number of benzene rings is 1. The predicted molar refractivity (Wildman–Crippen MR) is 62.2 cm³/mol. The fourth-order valence-corrected chi connectivity index (χ4v) is 2.22. The number of aliphatic hydroxyl groups is 1. The molecule has 1 aliphatic rings. The zero-order chi connectivity index (χ0) is 12.8. The average Bonchev–Trinajstić information content (AvgIpc) is 2.33. The summed E-state index contributed by atoms with van der Waals surface area (Å²) in [5.41, 5.74) is 6.56. The lowest BCUT2D eigenvalue weighted by Gasteiger charge is -2.38. The molecular formula is C13H14N2O2. The summed E-state index contributed by atoms with van der Waals surface area (Å²) in [6, 6.07) is 6.16. The van der Waals surface area contributed by atoms with E-state index in [1.54, 1.807) is 32.0 Å². The average molecular weight is 230 g/mol. The third kappa shape index (κ3) is 1.55. The zero-order valence-electron chi connectivity index (χ0n) is 9.77. The number of ketones is 1. The molecule has 0 aromatic heterocycles. The molecule has 0 saturated heterocycles. The van der Waals surface area contributed by atoms with Crippen LogP contribution in [-0.4, -0.2) is 17.0 Å². The van der Waals surface area contributed by atoms with E-state index in [0.29, 0.717) is 16.7 Å². The van der Waals surface area contributed by atoms with Crippen LogP contribution in [0, 0.1) is 16.7 Å². The quantitative estimate of drug-likeness (QED) is 0.699. The number of carbonyl (C=O) groups excluding carboxylic acids is 1. The van der Waals surface area contributed by atoms with E-state index >= 15 is 0 Å². The second-order valence-corrected chi connectivity index (χ2v) is 4.94. The fourth-order valence-electron chi connectivity index (χ4n) is 2.22. The molecule has 0 unspecified atom stereocenters. The molecule has 0 bridgehead atoms. The topological polar surface area (TPSA) is 87.1 Å². The van der Waals surface area contributed by atoms with E-state index in [2.05, 4.69) is 0 Å². The number of rotatable bonds is 0. The van der Waals surface area contributed by atoms with Crippen molar-refractivity contribution in [3.8, 4) is 6.07 Å². The molecule has 1 aromatic carbocycles. The van der Waals surface area contributed by atoms with Crippen LogP contribution in [0.4, 0.5) is 0 Å². The van der Waals surface area contributed by atoms with Gasteiger partial charge in [-0.3, -0.25) is 4.79 Å². The third-order valence-corrected chi connectivity index (χ3v) is 3.45. The van der Waals surface area contributed by atoms with E-state index in [9.17, 15) is 9.90 Å². The Morgan fingerprint density at radius 2 is 2.12 bits per heavy atom. The number of Topliss-reactive ketones (excluding diaryl/α,β-unsaturated/α-hetero) is 1. The summed E-state index contributed by atoms with van der Waals surface area (Å²) >= 11 is 0. The van der Waals surface area contributed by atoms with Crippen molar-refractivity contribution in [2.45, 2.75) is 26.0 Å². The van der Waals surface area contributed by atoms with Gasteiger partial charge in [-0.15, -0.1) is 0 Å². The number of carbonyl (C=O) groups is 1. The molecule has 88 valence electrons. The van der Waals surface area contributed by atoms with E-state index in [-0.39, 0.29) is 5.78 Å². The summed E-state index contributed by atoms with van der Waals surface area (Å²) in [4.78, 5) is 12.2. The van der Waals surface area contributed by atoms with Gasteiger partial charge in [0.05, 0.1) is 29.2 Å². The molecule has 0 aliphatic heterocycles. The Labute approximate surface area is 99.7 Å². The van der Waals surface area contributed by atoms with Gasteiger partial charge in [-0.25, -0.2) is 0 Å². The van der Waals surface area contributed by atoms with Gasteiger partial charge in [0, 0.05) is 5.56 Å². The first-order valence-corrected chi connectivity index (χ1v) is 5.42. The van der Waals surface area contributed by atoms with Gasteiger partial charge >= 0.3 is 0 Å². The van der Waals surface area contributed by atoms with Crippen LogP contribution in [0.25, 0.3) is 0 Å². The molecule has 4 nitrogen and oxygen atoms in total. The molecule has 0 spiro atoms. The second-order valence-electron chi connectivity index (χ2n) is 4.94. The summed E-state index contributed by atoms with van der Waals surface area (Å²) in [6.07, 6.45) is -0.934. The smallest absolute Gasteiger partial charge is 0.171 e. The van der Waals surface area contributed by atoms with Crippen molar-refractivity contribution in [3.63, 3.8) is 0 Å². The summed E-state index contributed by atoms with van der Waals surface area (Å²) in [6.45, 7) is 3.36. The van der Waals surface area contributed by atoms with Gasteiger partial charge in [-0.05, 0) is 37.6 Å². The largest absolute Gasteiger partial charge is 0.390 e. The highest BCUT2D eigenvalue weighted by Crippen LogP contribution is 2.39. The van der Waals surface area contributed by atoms with Gasteiger partial charge in [0.25, 0.3) is 0 Å². The van der Waals surface area contributed by atoms with E-state index in [1.807, 2.05) is 6.07 Å². The minimum atomic E-state index is -0.934. The van der Waals surface area contributed by atoms with Gasteiger partial charge in [-0.1, -0.05) is 0 Å². The van der Waals surface area contributed by atoms with Crippen LogP contribution in [0.1, 0.15) is 41.4 Å². The lowest BCUT2D eigenvalue weighted by atomic mass is 9.69. The number of aliphatic hydroxyl groups excluding tert-OH is 1. The number of fused-ring (bicyclic) bond motifs is 1. The van der Waals surface area contributed by atoms with Gasteiger partial charge in [0.2, 0.25) is 0 Å². The Kier molecular flexibility index (Phi) is 2.53. The highest BCUT2D eigenvalue weighted by atomic mass is 16.3.